The molecule has 6 heteroatoms. The fourth-order valence-electron chi connectivity index (χ4n) is 3.58. The molecule has 0 aromatic heterocycles. The van der Waals surface area contributed by atoms with Gasteiger partial charge in [0.2, 0.25) is 0 Å². The first-order chi connectivity index (χ1) is 12.1. The van der Waals surface area contributed by atoms with E-state index in [1.165, 1.54) is 4.31 Å². The van der Waals surface area contributed by atoms with Crippen molar-refractivity contribution in [3.05, 3.63) is 59.7 Å². The van der Waals surface area contributed by atoms with Crippen molar-refractivity contribution in [2.45, 2.75) is 24.2 Å². The Kier molecular flexibility index (Phi) is 4.00. The fraction of sp³-hybridized carbons (Fsp3) is 0.316. The van der Waals surface area contributed by atoms with Crippen molar-refractivity contribution in [3.63, 3.8) is 0 Å². The van der Waals surface area contributed by atoms with Gasteiger partial charge in [0.05, 0.1) is 10.6 Å². The fourth-order valence-corrected chi connectivity index (χ4v) is 5.10. The van der Waals surface area contributed by atoms with E-state index in [1.807, 2.05) is 11.0 Å². The van der Waals surface area contributed by atoms with Crippen molar-refractivity contribution in [1.29, 1.82) is 0 Å². The van der Waals surface area contributed by atoms with Gasteiger partial charge >= 0.3 is 0 Å². The number of rotatable bonds is 3. The molecule has 1 fully saturated rings. The summed E-state index contributed by atoms with van der Waals surface area (Å²) in [5.74, 6) is 0.0460. The van der Waals surface area contributed by atoms with Crippen LogP contribution < -0.4 is 4.31 Å². The molecule has 2 aliphatic heterocycles. The van der Waals surface area contributed by atoms with Crippen molar-refractivity contribution >= 4 is 21.6 Å². The Balaban J connectivity index is 1.64. The van der Waals surface area contributed by atoms with Gasteiger partial charge < -0.3 is 4.90 Å². The van der Waals surface area contributed by atoms with Crippen molar-refractivity contribution in [1.82, 2.24) is 4.90 Å². The number of carbonyl (C=O) groups is 1. The summed E-state index contributed by atoms with van der Waals surface area (Å²) in [5, 5.41) is 0. The minimum absolute atomic E-state index is 0.0460. The number of likely N-dealkylation sites (tertiary alicyclic amines) is 1. The highest BCUT2D eigenvalue weighted by atomic mass is 32.2. The molecule has 0 N–H and O–H groups in total. The lowest BCUT2D eigenvalue weighted by Gasteiger charge is -2.20. The summed E-state index contributed by atoms with van der Waals surface area (Å²) in [7, 11) is -3.56. The number of carbonyl (C=O) groups excluding carboxylic acids is 1. The predicted molar refractivity (Wildman–Crippen MR) is 96.3 cm³/mol. The SMILES string of the molecule is O=C(c1ccc2c(c1)CCN2S(=O)(=O)c1ccccc1)N1CCCC1. The smallest absolute Gasteiger partial charge is 0.264 e. The molecule has 1 amide bonds. The highest BCUT2D eigenvalue weighted by molar-refractivity contribution is 7.92. The lowest BCUT2D eigenvalue weighted by molar-refractivity contribution is 0.0792. The zero-order chi connectivity index (χ0) is 17.4. The number of hydrogen-bond donors (Lipinski definition) is 0. The van der Waals surface area contributed by atoms with Gasteiger partial charge in [-0.15, -0.1) is 0 Å². The van der Waals surface area contributed by atoms with Crippen LogP contribution in [0.25, 0.3) is 0 Å². The van der Waals surface area contributed by atoms with Gasteiger partial charge in [-0.05, 0) is 55.2 Å². The molecule has 0 saturated carbocycles. The van der Waals surface area contributed by atoms with Crippen molar-refractivity contribution < 1.29 is 13.2 Å². The number of anilines is 1. The van der Waals surface area contributed by atoms with E-state index in [1.54, 1.807) is 42.5 Å². The Labute approximate surface area is 147 Å². The Bertz CT molecular complexity index is 904. The van der Waals surface area contributed by atoms with E-state index < -0.39 is 10.0 Å². The number of hydrogen-bond acceptors (Lipinski definition) is 3. The molecule has 1 saturated heterocycles. The average molecular weight is 356 g/mol. The monoisotopic (exact) mass is 356 g/mol. The topological polar surface area (TPSA) is 57.7 Å². The molecule has 0 radical (unpaired) electrons. The minimum Gasteiger partial charge on any atom is -0.339 e. The van der Waals surface area contributed by atoms with Gasteiger partial charge in [0.25, 0.3) is 15.9 Å². The van der Waals surface area contributed by atoms with Crippen LogP contribution in [-0.2, 0) is 16.4 Å². The standard InChI is InChI=1S/C19H20N2O3S/c22-19(20-11-4-5-12-20)16-8-9-18-15(14-16)10-13-21(18)25(23,24)17-6-2-1-3-7-17/h1-3,6-9,14H,4-5,10-13H2. The van der Waals surface area contributed by atoms with Crippen LogP contribution in [0, 0.1) is 0 Å². The summed E-state index contributed by atoms with van der Waals surface area (Å²) in [5.41, 5.74) is 2.26. The maximum Gasteiger partial charge on any atom is 0.264 e. The van der Waals surface area contributed by atoms with E-state index in [2.05, 4.69) is 0 Å². The molecule has 0 atom stereocenters. The first-order valence-electron chi connectivity index (χ1n) is 8.57. The van der Waals surface area contributed by atoms with Crippen LogP contribution in [0.5, 0.6) is 0 Å². The first-order valence-corrected chi connectivity index (χ1v) is 10.0. The van der Waals surface area contributed by atoms with Crippen LogP contribution in [0.3, 0.4) is 0 Å². The summed E-state index contributed by atoms with van der Waals surface area (Å²) >= 11 is 0. The highest BCUT2D eigenvalue weighted by Gasteiger charge is 2.31. The molecule has 2 heterocycles. The van der Waals surface area contributed by atoms with Crippen LogP contribution in [-0.4, -0.2) is 38.9 Å². The molecule has 25 heavy (non-hydrogen) atoms. The largest absolute Gasteiger partial charge is 0.339 e. The molecule has 4 rings (SSSR count). The molecule has 2 aliphatic rings. The summed E-state index contributed by atoms with van der Waals surface area (Å²) in [6.07, 6.45) is 2.74. The lowest BCUT2D eigenvalue weighted by Crippen LogP contribution is -2.29. The molecule has 0 spiro atoms. The van der Waals surface area contributed by atoms with Gasteiger partial charge in [-0.2, -0.15) is 0 Å². The number of nitrogens with zero attached hydrogens (tertiary/aromatic N) is 2. The number of fused-ring (bicyclic) bond motifs is 1. The Morgan fingerprint density at radius 2 is 1.64 bits per heavy atom. The second-order valence-corrected chi connectivity index (χ2v) is 8.35. The number of benzene rings is 2. The van der Waals surface area contributed by atoms with Gasteiger partial charge in [0.1, 0.15) is 0 Å². The van der Waals surface area contributed by atoms with Crippen LogP contribution in [0.15, 0.2) is 53.4 Å². The van der Waals surface area contributed by atoms with E-state index in [0.717, 1.165) is 31.5 Å². The number of sulfonamides is 1. The Morgan fingerprint density at radius 3 is 2.36 bits per heavy atom. The molecule has 130 valence electrons. The van der Waals surface area contributed by atoms with Crippen LogP contribution in [0.4, 0.5) is 5.69 Å². The molecule has 0 unspecified atom stereocenters. The quantitative estimate of drug-likeness (QED) is 0.850. The van der Waals surface area contributed by atoms with E-state index in [9.17, 15) is 13.2 Å². The molecule has 5 nitrogen and oxygen atoms in total. The Hall–Kier alpha value is -2.34. The molecule has 0 aliphatic carbocycles. The maximum absolute atomic E-state index is 12.9. The summed E-state index contributed by atoms with van der Waals surface area (Å²) in [6.45, 7) is 2.03. The third kappa shape index (κ3) is 2.80. The van der Waals surface area contributed by atoms with Gasteiger partial charge in [-0.3, -0.25) is 9.10 Å². The van der Waals surface area contributed by atoms with Crippen molar-refractivity contribution in [3.8, 4) is 0 Å². The molecule has 2 aromatic carbocycles. The van der Waals surface area contributed by atoms with E-state index in [-0.39, 0.29) is 5.91 Å². The van der Waals surface area contributed by atoms with Gasteiger partial charge in [-0.25, -0.2) is 8.42 Å². The molecule has 0 bridgehead atoms. The zero-order valence-corrected chi connectivity index (χ0v) is 14.7. The predicted octanol–water partition coefficient (Wildman–Crippen LogP) is 2.67. The van der Waals surface area contributed by atoms with Crippen LogP contribution >= 0.6 is 0 Å². The zero-order valence-electron chi connectivity index (χ0n) is 13.9. The maximum atomic E-state index is 12.9. The van der Waals surface area contributed by atoms with Gasteiger partial charge in [-0.1, -0.05) is 18.2 Å². The normalized spacial score (nSPS) is 17.0. The van der Waals surface area contributed by atoms with Gasteiger partial charge in [0, 0.05) is 25.2 Å². The first kappa shape index (κ1) is 16.1. The second kappa shape index (κ2) is 6.19. The summed E-state index contributed by atoms with van der Waals surface area (Å²) in [4.78, 5) is 14.7. The number of amides is 1. The van der Waals surface area contributed by atoms with Crippen LogP contribution in [0.2, 0.25) is 0 Å². The van der Waals surface area contributed by atoms with E-state index in [4.69, 9.17) is 0 Å². The van der Waals surface area contributed by atoms with Crippen molar-refractivity contribution in [2.24, 2.45) is 0 Å². The molecular weight excluding hydrogens is 336 g/mol. The Morgan fingerprint density at radius 1 is 0.920 bits per heavy atom. The highest BCUT2D eigenvalue weighted by Crippen LogP contribution is 2.33. The van der Waals surface area contributed by atoms with E-state index in [0.29, 0.717) is 29.1 Å². The van der Waals surface area contributed by atoms with Crippen molar-refractivity contribution in [2.75, 3.05) is 23.9 Å². The molecular formula is C19H20N2O3S. The third-order valence-corrected chi connectivity index (χ3v) is 6.73. The minimum atomic E-state index is -3.56. The third-order valence-electron chi connectivity index (χ3n) is 4.90. The molecule has 2 aromatic rings. The summed E-state index contributed by atoms with van der Waals surface area (Å²) < 4.78 is 27.2. The van der Waals surface area contributed by atoms with Crippen LogP contribution in [0.1, 0.15) is 28.8 Å². The second-order valence-electron chi connectivity index (χ2n) is 6.48. The van der Waals surface area contributed by atoms with E-state index >= 15 is 0 Å². The summed E-state index contributed by atoms with van der Waals surface area (Å²) in [6, 6.07) is 13.8. The lowest BCUT2D eigenvalue weighted by atomic mass is 10.1. The van der Waals surface area contributed by atoms with Gasteiger partial charge in [0.15, 0.2) is 0 Å². The average Bonchev–Trinajstić information content (AvgIpc) is 3.31.